The number of rotatable bonds is 6. The van der Waals surface area contributed by atoms with Gasteiger partial charge in [0.2, 0.25) is 0 Å². The molecule has 2 rings (SSSR count). The van der Waals surface area contributed by atoms with Crippen molar-refractivity contribution >= 4 is 11.6 Å². The van der Waals surface area contributed by atoms with Gasteiger partial charge in [-0.05, 0) is 30.2 Å². The number of ether oxygens (including phenoxy) is 2. The van der Waals surface area contributed by atoms with Gasteiger partial charge in [0.1, 0.15) is 17.1 Å². The SMILES string of the molecule is COc1ccc(OC)c(C(O)(CCCl)c2ccccc2)c1. The quantitative estimate of drug-likeness (QED) is 0.829. The van der Waals surface area contributed by atoms with Crippen LogP contribution in [-0.4, -0.2) is 25.2 Å². The summed E-state index contributed by atoms with van der Waals surface area (Å²) in [6.07, 6.45) is 0.377. The molecule has 0 bridgehead atoms. The highest BCUT2D eigenvalue weighted by molar-refractivity contribution is 6.17. The number of methoxy groups -OCH3 is 2. The van der Waals surface area contributed by atoms with Gasteiger partial charge in [-0.2, -0.15) is 0 Å². The van der Waals surface area contributed by atoms with E-state index in [0.717, 1.165) is 5.56 Å². The number of aliphatic hydroxyl groups is 1. The first-order valence-corrected chi connectivity index (χ1v) is 7.25. The molecule has 0 radical (unpaired) electrons. The fourth-order valence-corrected chi connectivity index (χ4v) is 2.70. The van der Waals surface area contributed by atoms with Gasteiger partial charge in [-0.1, -0.05) is 30.3 Å². The molecular weight excluding hydrogens is 288 g/mol. The van der Waals surface area contributed by atoms with E-state index in [-0.39, 0.29) is 0 Å². The Morgan fingerprint density at radius 1 is 1.05 bits per heavy atom. The lowest BCUT2D eigenvalue weighted by atomic mass is 9.83. The summed E-state index contributed by atoms with van der Waals surface area (Å²) < 4.78 is 10.7. The van der Waals surface area contributed by atoms with Crippen LogP contribution in [0.3, 0.4) is 0 Å². The van der Waals surface area contributed by atoms with Crippen molar-refractivity contribution in [1.82, 2.24) is 0 Å². The van der Waals surface area contributed by atoms with Gasteiger partial charge in [0, 0.05) is 11.4 Å². The Hall–Kier alpha value is -1.71. The molecule has 0 aliphatic carbocycles. The molecule has 1 N–H and O–H groups in total. The second-order valence-electron chi connectivity index (χ2n) is 4.73. The minimum Gasteiger partial charge on any atom is -0.497 e. The molecule has 1 unspecified atom stereocenters. The molecule has 2 aromatic carbocycles. The third kappa shape index (κ3) is 3.14. The maximum absolute atomic E-state index is 11.3. The Morgan fingerprint density at radius 2 is 1.76 bits per heavy atom. The van der Waals surface area contributed by atoms with Crippen molar-refractivity contribution in [2.75, 3.05) is 20.1 Å². The van der Waals surface area contributed by atoms with Crippen LogP contribution in [0.5, 0.6) is 11.5 Å². The first-order valence-electron chi connectivity index (χ1n) is 6.72. The molecule has 0 saturated carbocycles. The van der Waals surface area contributed by atoms with Crippen LogP contribution in [0.1, 0.15) is 17.5 Å². The molecule has 0 aliphatic rings. The zero-order valence-corrected chi connectivity index (χ0v) is 12.9. The molecule has 21 heavy (non-hydrogen) atoms. The van der Waals surface area contributed by atoms with E-state index in [1.54, 1.807) is 32.4 Å². The van der Waals surface area contributed by atoms with Gasteiger partial charge in [-0.15, -0.1) is 11.6 Å². The lowest BCUT2D eigenvalue weighted by Crippen LogP contribution is -2.28. The van der Waals surface area contributed by atoms with E-state index in [1.807, 2.05) is 30.3 Å². The standard InChI is InChI=1S/C17H19ClO3/c1-20-14-8-9-16(21-2)15(12-14)17(19,10-11-18)13-6-4-3-5-7-13/h3-9,12,19H,10-11H2,1-2H3. The van der Waals surface area contributed by atoms with Gasteiger partial charge in [0.25, 0.3) is 0 Å². The predicted molar refractivity (Wildman–Crippen MR) is 84.3 cm³/mol. The molecule has 1 atom stereocenters. The van der Waals surface area contributed by atoms with E-state index in [9.17, 15) is 5.11 Å². The van der Waals surface area contributed by atoms with Crippen molar-refractivity contribution in [3.05, 3.63) is 59.7 Å². The first kappa shape index (κ1) is 15.7. The highest BCUT2D eigenvalue weighted by Gasteiger charge is 2.34. The predicted octanol–water partition coefficient (Wildman–Crippen LogP) is 3.57. The van der Waals surface area contributed by atoms with Crippen molar-refractivity contribution in [2.24, 2.45) is 0 Å². The molecule has 0 aliphatic heterocycles. The second kappa shape index (κ2) is 6.83. The van der Waals surface area contributed by atoms with Crippen LogP contribution in [-0.2, 0) is 5.60 Å². The Kier molecular flexibility index (Phi) is 5.10. The van der Waals surface area contributed by atoms with E-state index in [1.165, 1.54) is 0 Å². The van der Waals surface area contributed by atoms with E-state index in [2.05, 4.69) is 0 Å². The zero-order chi connectivity index (χ0) is 15.3. The number of halogens is 1. The normalized spacial score (nSPS) is 13.5. The average molecular weight is 307 g/mol. The Morgan fingerprint density at radius 3 is 2.33 bits per heavy atom. The fraction of sp³-hybridized carbons (Fsp3) is 0.294. The molecule has 0 aromatic heterocycles. The smallest absolute Gasteiger partial charge is 0.125 e. The third-order valence-electron chi connectivity index (χ3n) is 3.56. The van der Waals surface area contributed by atoms with Crippen molar-refractivity contribution in [1.29, 1.82) is 0 Å². The molecule has 2 aromatic rings. The third-order valence-corrected chi connectivity index (χ3v) is 3.75. The first-order chi connectivity index (χ1) is 10.2. The van der Waals surface area contributed by atoms with Crippen LogP contribution in [0.25, 0.3) is 0 Å². The lowest BCUT2D eigenvalue weighted by molar-refractivity contribution is 0.0743. The van der Waals surface area contributed by atoms with Gasteiger partial charge in [0.15, 0.2) is 0 Å². The number of hydrogen-bond acceptors (Lipinski definition) is 3. The number of benzene rings is 2. The molecule has 3 nitrogen and oxygen atoms in total. The summed E-state index contributed by atoms with van der Waals surface area (Å²) in [6, 6.07) is 14.8. The molecule has 0 saturated heterocycles. The monoisotopic (exact) mass is 306 g/mol. The summed E-state index contributed by atoms with van der Waals surface area (Å²) in [5, 5.41) is 11.3. The van der Waals surface area contributed by atoms with Gasteiger partial charge < -0.3 is 14.6 Å². The Labute approximate surface area is 130 Å². The van der Waals surface area contributed by atoms with Crippen molar-refractivity contribution in [2.45, 2.75) is 12.0 Å². The van der Waals surface area contributed by atoms with Crippen LogP contribution in [0.15, 0.2) is 48.5 Å². The van der Waals surface area contributed by atoms with Crippen LogP contribution in [0, 0.1) is 0 Å². The highest BCUT2D eigenvalue weighted by atomic mass is 35.5. The maximum atomic E-state index is 11.3. The van der Waals surface area contributed by atoms with Crippen molar-refractivity contribution < 1.29 is 14.6 Å². The van der Waals surface area contributed by atoms with Gasteiger partial charge >= 0.3 is 0 Å². The molecule has 4 heteroatoms. The Bertz CT molecular complexity index is 586. The second-order valence-corrected chi connectivity index (χ2v) is 5.11. The van der Waals surface area contributed by atoms with Crippen molar-refractivity contribution in [3.63, 3.8) is 0 Å². The summed E-state index contributed by atoms with van der Waals surface area (Å²) in [7, 11) is 3.17. The van der Waals surface area contributed by atoms with Gasteiger partial charge in [-0.3, -0.25) is 0 Å². The summed E-state index contributed by atoms with van der Waals surface area (Å²) >= 11 is 5.92. The maximum Gasteiger partial charge on any atom is 0.125 e. The summed E-state index contributed by atoms with van der Waals surface area (Å²) in [5.41, 5.74) is 0.205. The molecule has 112 valence electrons. The summed E-state index contributed by atoms with van der Waals surface area (Å²) in [4.78, 5) is 0. The highest BCUT2D eigenvalue weighted by Crippen LogP contribution is 2.40. The lowest BCUT2D eigenvalue weighted by Gasteiger charge is -2.30. The van der Waals surface area contributed by atoms with E-state index in [0.29, 0.717) is 29.4 Å². The number of hydrogen-bond donors (Lipinski definition) is 1. The van der Waals surface area contributed by atoms with E-state index < -0.39 is 5.60 Å². The van der Waals surface area contributed by atoms with E-state index >= 15 is 0 Å². The minimum absolute atomic E-state index is 0.325. The topological polar surface area (TPSA) is 38.7 Å². The zero-order valence-electron chi connectivity index (χ0n) is 12.2. The van der Waals surface area contributed by atoms with Crippen LogP contribution >= 0.6 is 11.6 Å². The molecule has 0 fully saturated rings. The molecular formula is C17H19ClO3. The van der Waals surface area contributed by atoms with Gasteiger partial charge in [0.05, 0.1) is 14.2 Å². The summed E-state index contributed by atoms with van der Waals surface area (Å²) in [5.74, 6) is 1.59. The van der Waals surface area contributed by atoms with Crippen LogP contribution < -0.4 is 9.47 Å². The average Bonchev–Trinajstić information content (AvgIpc) is 2.55. The summed E-state index contributed by atoms with van der Waals surface area (Å²) in [6.45, 7) is 0. The number of alkyl halides is 1. The molecule has 0 heterocycles. The van der Waals surface area contributed by atoms with Gasteiger partial charge in [-0.25, -0.2) is 0 Å². The van der Waals surface area contributed by atoms with E-state index in [4.69, 9.17) is 21.1 Å². The molecule has 0 amide bonds. The van der Waals surface area contributed by atoms with Crippen LogP contribution in [0.2, 0.25) is 0 Å². The van der Waals surface area contributed by atoms with Crippen molar-refractivity contribution in [3.8, 4) is 11.5 Å². The minimum atomic E-state index is -1.22. The Balaban J connectivity index is 2.62. The fourth-order valence-electron chi connectivity index (χ4n) is 2.42. The largest absolute Gasteiger partial charge is 0.497 e. The molecule has 0 spiro atoms. The van der Waals surface area contributed by atoms with Crippen LogP contribution in [0.4, 0.5) is 0 Å².